The molecular formula is C15H11FN2O. The summed E-state index contributed by atoms with van der Waals surface area (Å²) in [5.74, 6) is -0.248. The quantitative estimate of drug-likeness (QED) is 0.673. The van der Waals surface area contributed by atoms with E-state index in [1.54, 1.807) is 24.3 Å². The highest BCUT2D eigenvalue weighted by Gasteiger charge is 2.06. The Kier molecular flexibility index (Phi) is 2.83. The summed E-state index contributed by atoms with van der Waals surface area (Å²) in [7, 11) is 0. The van der Waals surface area contributed by atoms with Gasteiger partial charge in [0.2, 0.25) is 0 Å². The molecule has 0 spiro atoms. The van der Waals surface area contributed by atoms with Gasteiger partial charge in [0.05, 0.1) is 11.3 Å². The summed E-state index contributed by atoms with van der Waals surface area (Å²) in [5.41, 5.74) is 3.04. The summed E-state index contributed by atoms with van der Waals surface area (Å²) in [6.07, 6.45) is 5.14. The number of pyridine rings is 1. The van der Waals surface area contributed by atoms with Crippen LogP contribution in [-0.4, -0.2) is 15.7 Å². The van der Waals surface area contributed by atoms with Crippen molar-refractivity contribution in [2.24, 2.45) is 0 Å². The van der Waals surface area contributed by atoms with E-state index < -0.39 is 0 Å². The van der Waals surface area contributed by atoms with Crippen molar-refractivity contribution in [1.82, 2.24) is 9.38 Å². The van der Waals surface area contributed by atoms with Gasteiger partial charge in [0.25, 0.3) is 0 Å². The number of hydrogen-bond acceptors (Lipinski definition) is 2. The normalized spacial score (nSPS) is 10.8. The Morgan fingerprint density at radius 1 is 1.21 bits per heavy atom. The molecule has 1 aromatic carbocycles. The van der Waals surface area contributed by atoms with Gasteiger partial charge < -0.3 is 4.40 Å². The molecule has 0 unspecified atom stereocenters. The van der Waals surface area contributed by atoms with E-state index in [4.69, 9.17) is 0 Å². The molecule has 19 heavy (non-hydrogen) atoms. The summed E-state index contributed by atoms with van der Waals surface area (Å²) in [4.78, 5) is 15.4. The molecule has 0 saturated carbocycles. The third kappa shape index (κ3) is 2.25. The molecular weight excluding hydrogens is 243 g/mol. The molecule has 0 aliphatic carbocycles. The molecule has 0 radical (unpaired) electrons. The van der Waals surface area contributed by atoms with Gasteiger partial charge in [-0.3, -0.25) is 4.79 Å². The summed E-state index contributed by atoms with van der Waals surface area (Å²) in [6.45, 7) is 0. The average molecular weight is 254 g/mol. The average Bonchev–Trinajstić information content (AvgIpc) is 2.83. The van der Waals surface area contributed by atoms with Crippen LogP contribution in [0.4, 0.5) is 4.39 Å². The lowest BCUT2D eigenvalue weighted by molar-refractivity contribution is 0.112. The van der Waals surface area contributed by atoms with Gasteiger partial charge in [-0.05, 0) is 29.8 Å². The standard InChI is InChI=1S/C15H11FN2O/c16-13-5-3-11(4-6-13)8-14-9-18-7-1-2-12(10-19)15(18)17-14/h1-7,9-10H,8H2. The maximum Gasteiger partial charge on any atom is 0.153 e. The van der Waals surface area contributed by atoms with Crippen molar-refractivity contribution in [3.8, 4) is 0 Å². The van der Waals surface area contributed by atoms with Crippen LogP contribution in [-0.2, 0) is 6.42 Å². The van der Waals surface area contributed by atoms with Gasteiger partial charge in [0.15, 0.2) is 6.29 Å². The molecule has 0 saturated heterocycles. The number of fused-ring (bicyclic) bond motifs is 1. The Morgan fingerprint density at radius 2 is 2.00 bits per heavy atom. The molecule has 0 bridgehead atoms. The van der Waals surface area contributed by atoms with Crippen LogP contribution in [0.25, 0.3) is 5.65 Å². The number of rotatable bonds is 3. The molecule has 4 heteroatoms. The highest BCUT2D eigenvalue weighted by Crippen LogP contribution is 2.13. The second-order valence-corrected chi connectivity index (χ2v) is 4.35. The summed E-state index contributed by atoms with van der Waals surface area (Å²) in [6, 6.07) is 9.88. The Morgan fingerprint density at radius 3 is 2.74 bits per heavy atom. The first-order valence-electron chi connectivity index (χ1n) is 5.92. The Labute approximate surface area is 109 Å². The van der Waals surface area contributed by atoms with E-state index in [0.29, 0.717) is 17.6 Å². The van der Waals surface area contributed by atoms with Crippen molar-refractivity contribution in [3.63, 3.8) is 0 Å². The largest absolute Gasteiger partial charge is 0.306 e. The molecule has 3 rings (SSSR count). The molecule has 0 aliphatic heterocycles. The van der Waals surface area contributed by atoms with Gasteiger partial charge >= 0.3 is 0 Å². The van der Waals surface area contributed by atoms with E-state index in [0.717, 1.165) is 17.5 Å². The van der Waals surface area contributed by atoms with Crippen molar-refractivity contribution >= 4 is 11.9 Å². The lowest BCUT2D eigenvalue weighted by atomic mass is 10.1. The fourth-order valence-corrected chi connectivity index (χ4v) is 2.07. The molecule has 0 aliphatic rings. The van der Waals surface area contributed by atoms with Gasteiger partial charge in [-0.2, -0.15) is 0 Å². The molecule has 0 atom stereocenters. The highest BCUT2D eigenvalue weighted by molar-refractivity contribution is 5.84. The van der Waals surface area contributed by atoms with Crippen LogP contribution < -0.4 is 0 Å². The lowest BCUT2D eigenvalue weighted by Crippen LogP contribution is -1.89. The minimum atomic E-state index is -0.248. The predicted molar refractivity (Wildman–Crippen MR) is 69.8 cm³/mol. The van der Waals surface area contributed by atoms with Crippen LogP contribution in [0, 0.1) is 5.82 Å². The van der Waals surface area contributed by atoms with Gasteiger partial charge in [0, 0.05) is 18.8 Å². The van der Waals surface area contributed by atoms with Crippen molar-refractivity contribution in [1.29, 1.82) is 0 Å². The van der Waals surface area contributed by atoms with E-state index in [1.807, 2.05) is 16.8 Å². The first-order valence-corrected chi connectivity index (χ1v) is 5.92. The Balaban J connectivity index is 1.97. The number of aldehydes is 1. The molecule has 0 amide bonds. The fourth-order valence-electron chi connectivity index (χ4n) is 2.07. The monoisotopic (exact) mass is 254 g/mol. The van der Waals surface area contributed by atoms with Crippen molar-refractivity contribution < 1.29 is 9.18 Å². The fraction of sp³-hybridized carbons (Fsp3) is 0.0667. The smallest absolute Gasteiger partial charge is 0.153 e. The van der Waals surface area contributed by atoms with E-state index >= 15 is 0 Å². The SMILES string of the molecule is O=Cc1cccn2cc(Cc3ccc(F)cc3)nc12. The summed E-state index contributed by atoms with van der Waals surface area (Å²) >= 11 is 0. The van der Waals surface area contributed by atoms with E-state index in [1.165, 1.54) is 12.1 Å². The number of imidazole rings is 1. The topological polar surface area (TPSA) is 34.4 Å². The third-order valence-corrected chi connectivity index (χ3v) is 2.99. The van der Waals surface area contributed by atoms with Gasteiger partial charge in [-0.1, -0.05) is 12.1 Å². The van der Waals surface area contributed by atoms with Crippen LogP contribution in [0.1, 0.15) is 21.6 Å². The maximum absolute atomic E-state index is 12.8. The Bertz CT molecular complexity index is 731. The molecule has 2 aromatic heterocycles. The van der Waals surface area contributed by atoms with Gasteiger partial charge in [0.1, 0.15) is 11.5 Å². The number of halogens is 1. The molecule has 0 fully saturated rings. The molecule has 94 valence electrons. The number of aromatic nitrogens is 2. The van der Waals surface area contributed by atoms with Crippen LogP contribution >= 0.6 is 0 Å². The van der Waals surface area contributed by atoms with Crippen LogP contribution in [0.5, 0.6) is 0 Å². The number of hydrogen-bond donors (Lipinski definition) is 0. The highest BCUT2D eigenvalue weighted by atomic mass is 19.1. The molecule has 2 heterocycles. The Hall–Kier alpha value is -2.49. The molecule has 0 N–H and O–H groups in total. The van der Waals surface area contributed by atoms with Crippen molar-refractivity contribution in [2.75, 3.05) is 0 Å². The zero-order chi connectivity index (χ0) is 13.2. The predicted octanol–water partition coefficient (Wildman–Crippen LogP) is 2.88. The number of carbonyl (C=O) groups is 1. The van der Waals surface area contributed by atoms with E-state index in [-0.39, 0.29) is 5.82 Å². The van der Waals surface area contributed by atoms with Crippen LogP contribution in [0.3, 0.4) is 0 Å². The van der Waals surface area contributed by atoms with E-state index in [9.17, 15) is 9.18 Å². The number of carbonyl (C=O) groups excluding carboxylic acids is 1. The summed E-state index contributed by atoms with van der Waals surface area (Å²) in [5, 5.41) is 0. The minimum absolute atomic E-state index is 0.248. The zero-order valence-electron chi connectivity index (χ0n) is 10.1. The molecule has 3 aromatic rings. The lowest BCUT2D eigenvalue weighted by Gasteiger charge is -1.96. The first kappa shape index (κ1) is 11.6. The second kappa shape index (κ2) is 4.65. The zero-order valence-corrected chi connectivity index (χ0v) is 10.1. The van der Waals surface area contributed by atoms with Gasteiger partial charge in [-0.25, -0.2) is 9.37 Å². The number of nitrogens with zero attached hydrogens (tertiary/aromatic N) is 2. The number of benzene rings is 1. The van der Waals surface area contributed by atoms with Crippen molar-refractivity contribution in [3.05, 3.63) is 71.4 Å². The minimum Gasteiger partial charge on any atom is -0.306 e. The maximum atomic E-state index is 12.8. The van der Waals surface area contributed by atoms with Crippen LogP contribution in [0.2, 0.25) is 0 Å². The second-order valence-electron chi connectivity index (χ2n) is 4.35. The van der Waals surface area contributed by atoms with Gasteiger partial charge in [-0.15, -0.1) is 0 Å². The van der Waals surface area contributed by atoms with Crippen LogP contribution in [0.15, 0.2) is 48.8 Å². The van der Waals surface area contributed by atoms with Crippen molar-refractivity contribution in [2.45, 2.75) is 6.42 Å². The van der Waals surface area contributed by atoms with E-state index in [2.05, 4.69) is 4.98 Å². The first-order chi connectivity index (χ1) is 9.26. The summed E-state index contributed by atoms with van der Waals surface area (Å²) < 4.78 is 14.7. The third-order valence-electron chi connectivity index (χ3n) is 2.99. The molecule has 3 nitrogen and oxygen atoms in total.